The van der Waals surface area contributed by atoms with Gasteiger partial charge in [-0.2, -0.15) is 5.26 Å². The van der Waals surface area contributed by atoms with Gasteiger partial charge in [-0.15, -0.1) is 0 Å². The molecule has 0 saturated carbocycles. The molecule has 1 saturated heterocycles. The van der Waals surface area contributed by atoms with Crippen LogP contribution in [0.3, 0.4) is 0 Å². The molecule has 0 amide bonds. The van der Waals surface area contributed by atoms with Crippen molar-refractivity contribution in [3.05, 3.63) is 64.3 Å². The van der Waals surface area contributed by atoms with Crippen molar-refractivity contribution >= 4 is 16.6 Å². The molecule has 0 radical (unpaired) electrons. The zero-order valence-corrected chi connectivity index (χ0v) is 15.6. The molecular weight excluding hydrogens is 373 g/mol. The maximum absolute atomic E-state index is 15.0. The van der Waals surface area contributed by atoms with Crippen LogP contribution in [0.1, 0.15) is 23.7 Å². The largest absolute Gasteiger partial charge is 0.379 e. The Kier molecular flexibility index (Phi) is 3.93. The van der Waals surface area contributed by atoms with E-state index in [1.807, 2.05) is 6.92 Å². The maximum Gasteiger partial charge on any atom is 0.264 e. The van der Waals surface area contributed by atoms with Crippen molar-refractivity contribution < 1.29 is 9.13 Å². The molecular formula is C21H16FN5O2. The number of aryl methyl sites for hydroxylation is 1. The van der Waals surface area contributed by atoms with E-state index in [1.54, 1.807) is 28.9 Å². The average Bonchev–Trinajstić information content (AvgIpc) is 3.35. The molecule has 0 unspecified atom stereocenters. The van der Waals surface area contributed by atoms with Crippen LogP contribution in [-0.2, 0) is 4.74 Å². The predicted molar refractivity (Wildman–Crippen MR) is 104 cm³/mol. The third-order valence-corrected chi connectivity index (χ3v) is 5.26. The Morgan fingerprint density at radius 2 is 2.14 bits per heavy atom. The lowest BCUT2D eigenvalue weighted by Gasteiger charge is -2.13. The topological polar surface area (TPSA) is 85.2 Å². The third kappa shape index (κ3) is 2.79. The summed E-state index contributed by atoms with van der Waals surface area (Å²) in [5.41, 5.74) is 2.77. The van der Waals surface area contributed by atoms with Crippen LogP contribution in [0.25, 0.3) is 27.7 Å². The first-order chi connectivity index (χ1) is 14.0. The summed E-state index contributed by atoms with van der Waals surface area (Å²) in [6.07, 6.45) is 5.75. The van der Waals surface area contributed by atoms with E-state index in [4.69, 9.17) is 4.74 Å². The Bertz CT molecular complexity index is 1380. The van der Waals surface area contributed by atoms with Crippen molar-refractivity contribution in [2.24, 2.45) is 0 Å². The first kappa shape index (κ1) is 17.5. The highest BCUT2D eigenvalue weighted by molar-refractivity contribution is 5.84. The summed E-state index contributed by atoms with van der Waals surface area (Å²) in [5.74, 6) is -0.635. The second-order valence-electron chi connectivity index (χ2n) is 7.19. The minimum absolute atomic E-state index is 0.0387. The van der Waals surface area contributed by atoms with E-state index in [2.05, 4.69) is 16.0 Å². The van der Waals surface area contributed by atoms with Crippen molar-refractivity contribution in [2.75, 3.05) is 13.2 Å². The first-order valence-electron chi connectivity index (χ1n) is 9.23. The number of hydrogen-bond acceptors (Lipinski definition) is 5. The number of fused-ring (bicyclic) bond motifs is 2. The van der Waals surface area contributed by atoms with Gasteiger partial charge in [0.2, 0.25) is 0 Å². The summed E-state index contributed by atoms with van der Waals surface area (Å²) in [5, 5.41) is 9.43. The fraction of sp³-hybridized carbons (Fsp3) is 0.238. The second kappa shape index (κ2) is 6.50. The summed E-state index contributed by atoms with van der Waals surface area (Å²) in [6, 6.07) is 6.66. The SMILES string of the molecule is Cc1cn2cc(-c3cc(F)c4c(=O)n([C@@H]5CCOC5)cnc4c3)cc(C#N)c2n1. The Morgan fingerprint density at radius 3 is 2.90 bits per heavy atom. The van der Waals surface area contributed by atoms with Crippen molar-refractivity contribution in [1.29, 1.82) is 5.26 Å². The van der Waals surface area contributed by atoms with E-state index in [1.165, 1.54) is 17.0 Å². The molecule has 1 atom stereocenters. The van der Waals surface area contributed by atoms with E-state index in [0.717, 1.165) is 5.69 Å². The van der Waals surface area contributed by atoms with Gasteiger partial charge in [0.15, 0.2) is 5.65 Å². The van der Waals surface area contributed by atoms with E-state index < -0.39 is 11.4 Å². The van der Waals surface area contributed by atoms with E-state index in [0.29, 0.717) is 42.0 Å². The summed E-state index contributed by atoms with van der Waals surface area (Å²) in [6.45, 7) is 2.84. The molecule has 0 bridgehead atoms. The highest BCUT2D eigenvalue weighted by atomic mass is 19.1. The van der Waals surface area contributed by atoms with Crippen molar-refractivity contribution in [3.8, 4) is 17.2 Å². The minimum atomic E-state index is -0.635. The molecule has 8 heteroatoms. The Morgan fingerprint density at radius 1 is 1.28 bits per heavy atom. The number of pyridine rings is 1. The van der Waals surface area contributed by atoms with Crippen LogP contribution in [0.5, 0.6) is 0 Å². The van der Waals surface area contributed by atoms with Gasteiger partial charge >= 0.3 is 0 Å². The van der Waals surface area contributed by atoms with Gasteiger partial charge in [-0.25, -0.2) is 14.4 Å². The van der Waals surface area contributed by atoms with Crippen LogP contribution < -0.4 is 5.56 Å². The maximum atomic E-state index is 15.0. The number of aromatic nitrogens is 4. The molecule has 144 valence electrons. The van der Waals surface area contributed by atoms with Gasteiger partial charge in [-0.05, 0) is 42.7 Å². The zero-order valence-electron chi connectivity index (χ0n) is 15.6. The number of nitriles is 1. The first-order valence-corrected chi connectivity index (χ1v) is 9.23. The average molecular weight is 389 g/mol. The van der Waals surface area contributed by atoms with E-state index in [-0.39, 0.29) is 16.9 Å². The van der Waals surface area contributed by atoms with Crippen molar-refractivity contribution in [1.82, 2.24) is 18.9 Å². The van der Waals surface area contributed by atoms with Crippen LogP contribution in [0.15, 0.2) is 41.7 Å². The molecule has 4 heterocycles. The van der Waals surface area contributed by atoms with Gasteiger partial charge in [-0.1, -0.05) is 0 Å². The number of rotatable bonds is 2. The number of ether oxygens (including phenoxy) is 1. The van der Waals surface area contributed by atoms with E-state index >= 15 is 0 Å². The quantitative estimate of drug-likeness (QED) is 0.526. The monoisotopic (exact) mass is 389 g/mol. The number of benzene rings is 1. The Labute approximate surface area is 164 Å². The number of imidazole rings is 1. The van der Waals surface area contributed by atoms with Crippen LogP contribution in [-0.4, -0.2) is 32.1 Å². The summed E-state index contributed by atoms with van der Waals surface area (Å²) < 4.78 is 23.5. The van der Waals surface area contributed by atoms with Crippen LogP contribution in [0.2, 0.25) is 0 Å². The molecule has 5 rings (SSSR count). The molecule has 1 aromatic carbocycles. The highest BCUT2D eigenvalue weighted by Crippen LogP contribution is 2.27. The molecule has 3 aromatic heterocycles. The van der Waals surface area contributed by atoms with Gasteiger partial charge in [0.1, 0.15) is 17.3 Å². The molecule has 0 spiro atoms. The summed E-state index contributed by atoms with van der Waals surface area (Å²) in [4.78, 5) is 21.5. The van der Waals surface area contributed by atoms with Crippen molar-refractivity contribution in [3.63, 3.8) is 0 Å². The van der Waals surface area contributed by atoms with E-state index in [9.17, 15) is 14.4 Å². The molecule has 1 fully saturated rings. The lowest BCUT2D eigenvalue weighted by molar-refractivity contribution is 0.186. The standard InChI is InChI=1S/C21H16FN5O2/c1-12-8-26-9-15(4-14(7-23)20(26)25-12)13-5-17(22)19-18(6-13)24-11-27(21(19)28)16-2-3-29-10-16/h4-6,8-9,11,16H,2-3,10H2,1H3/t16-/m1/s1. The minimum Gasteiger partial charge on any atom is -0.379 e. The third-order valence-electron chi connectivity index (χ3n) is 5.26. The lowest BCUT2D eigenvalue weighted by Crippen LogP contribution is -2.26. The van der Waals surface area contributed by atoms with Gasteiger partial charge < -0.3 is 9.14 Å². The lowest BCUT2D eigenvalue weighted by atomic mass is 10.0. The molecule has 29 heavy (non-hydrogen) atoms. The summed E-state index contributed by atoms with van der Waals surface area (Å²) in [7, 11) is 0. The second-order valence-corrected chi connectivity index (χ2v) is 7.19. The zero-order chi connectivity index (χ0) is 20.1. The fourth-order valence-corrected chi connectivity index (χ4v) is 3.84. The smallest absolute Gasteiger partial charge is 0.264 e. The van der Waals surface area contributed by atoms with Crippen molar-refractivity contribution in [2.45, 2.75) is 19.4 Å². The Balaban J connectivity index is 1.69. The normalized spacial score (nSPS) is 16.5. The van der Waals surface area contributed by atoms with Gasteiger partial charge in [0.25, 0.3) is 5.56 Å². The molecule has 0 aliphatic carbocycles. The molecule has 1 aliphatic rings. The number of hydrogen-bond donors (Lipinski definition) is 0. The van der Waals surface area contributed by atoms with Crippen LogP contribution in [0, 0.1) is 24.1 Å². The van der Waals surface area contributed by atoms with Gasteiger partial charge in [0, 0.05) is 19.0 Å². The molecule has 4 aromatic rings. The molecule has 7 nitrogen and oxygen atoms in total. The van der Waals surface area contributed by atoms with Crippen LogP contribution >= 0.6 is 0 Å². The highest BCUT2D eigenvalue weighted by Gasteiger charge is 2.21. The molecule has 1 aliphatic heterocycles. The van der Waals surface area contributed by atoms with Crippen LogP contribution in [0.4, 0.5) is 4.39 Å². The predicted octanol–water partition coefficient (Wildman–Crippen LogP) is 2.99. The number of nitrogens with zero attached hydrogens (tertiary/aromatic N) is 5. The Hall–Kier alpha value is -3.57. The fourth-order valence-electron chi connectivity index (χ4n) is 3.84. The number of halogens is 1. The van der Waals surface area contributed by atoms with Gasteiger partial charge in [0.05, 0.1) is 35.8 Å². The molecule has 0 N–H and O–H groups in total. The van der Waals surface area contributed by atoms with Gasteiger partial charge in [-0.3, -0.25) is 9.36 Å². The summed E-state index contributed by atoms with van der Waals surface area (Å²) >= 11 is 0.